The molecule has 1 aliphatic carbocycles. The third-order valence-electron chi connectivity index (χ3n) is 6.61. The normalized spacial score (nSPS) is 19.5. The van der Waals surface area contributed by atoms with E-state index in [2.05, 4.69) is 6.07 Å². The molecule has 0 spiro atoms. The quantitative estimate of drug-likeness (QED) is 0.315. The smallest absolute Gasteiger partial charge is 0.293 e. The third kappa shape index (κ3) is 3.78. The van der Waals surface area contributed by atoms with E-state index in [1.54, 1.807) is 17.9 Å². The lowest BCUT2D eigenvalue weighted by atomic mass is 9.69. The highest BCUT2D eigenvalue weighted by Crippen LogP contribution is 2.53. The summed E-state index contributed by atoms with van der Waals surface area (Å²) < 4.78 is 1.82. The minimum atomic E-state index is -0.525. The fourth-order valence-corrected chi connectivity index (χ4v) is 5.88. The molecule has 2 aliphatic rings. The minimum absolute atomic E-state index is 0.0217. The maximum atomic E-state index is 13.7. The monoisotopic (exact) mass is 484 g/mol. The number of aryl methyl sites for hydroxylation is 1. The fourth-order valence-electron chi connectivity index (χ4n) is 5.20. The zero-order valence-corrected chi connectivity index (χ0v) is 20.5. The van der Waals surface area contributed by atoms with Crippen molar-refractivity contribution in [1.29, 1.82) is 5.26 Å². The number of hydrogen-bond acceptors (Lipinski definition) is 6. The van der Waals surface area contributed by atoms with E-state index in [1.165, 1.54) is 17.4 Å². The lowest BCUT2D eigenvalue weighted by Crippen LogP contribution is -2.40. The van der Waals surface area contributed by atoms with Crippen molar-refractivity contribution in [2.24, 2.45) is 5.41 Å². The van der Waals surface area contributed by atoms with Crippen LogP contribution in [0, 0.1) is 33.8 Å². The highest BCUT2D eigenvalue weighted by atomic mass is 32.1. The number of nitrogens with zero attached hydrogens (tertiary/aromatic N) is 4. The largest absolute Gasteiger partial charge is 0.309 e. The van der Waals surface area contributed by atoms with Gasteiger partial charge in [-0.05, 0) is 64.9 Å². The number of allylic oxidation sites excluding steroid dienone is 3. The third-order valence-corrected chi connectivity index (χ3v) is 7.31. The summed E-state index contributed by atoms with van der Waals surface area (Å²) in [4.78, 5) is 27.3. The molecule has 5 rings (SSSR count). The molecule has 0 bridgehead atoms. The van der Waals surface area contributed by atoms with Gasteiger partial charge in [0, 0.05) is 36.2 Å². The van der Waals surface area contributed by atoms with Gasteiger partial charge in [0.05, 0.1) is 22.5 Å². The minimum Gasteiger partial charge on any atom is -0.309 e. The van der Waals surface area contributed by atoms with Crippen LogP contribution < -0.4 is 4.90 Å². The second-order valence-electron chi connectivity index (χ2n) is 9.82. The molecule has 35 heavy (non-hydrogen) atoms. The van der Waals surface area contributed by atoms with Crippen LogP contribution in [0.4, 0.5) is 11.4 Å². The van der Waals surface area contributed by atoms with Gasteiger partial charge in [0.1, 0.15) is 11.5 Å². The molecular weight excluding hydrogens is 460 g/mol. The Balaban J connectivity index is 1.90. The fraction of sp³-hybridized carbons (Fsp3) is 0.259. The lowest BCUT2D eigenvalue weighted by Gasteiger charge is -2.44. The van der Waals surface area contributed by atoms with Crippen LogP contribution in [0.5, 0.6) is 0 Å². The van der Waals surface area contributed by atoms with Gasteiger partial charge in [-0.3, -0.25) is 19.8 Å². The van der Waals surface area contributed by atoms with Crippen LogP contribution >= 0.6 is 11.3 Å². The molecule has 1 aromatic carbocycles. The molecule has 1 unspecified atom stereocenters. The van der Waals surface area contributed by atoms with Gasteiger partial charge in [-0.25, -0.2) is 0 Å². The van der Waals surface area contributed by atoms with Gasteiger partial charge >= 0.3 is 0 Å². The van der Waals surface area contributed by atoms with Crippen LogP contribution in [0.25, 0.3) is 5.82 Å². The summed E-state index contributed by atoms with van der Waals surface area (Å²) >= 11 is 1.51. The Morgan fingerprint density at radius 1 is 1.20 bits per heavy atom. The van der Waals surface area contributed by atoms with Gasteiger partial charge in [0.25, 0.3) is 5.69 Å². The Bertz CT molecular complexity index is 1440. The van der Waals surface area contributed by atoms with E-state index in [4.69, 9.17) is 0 Å². The molecular formula is C27H24N4O3S. The first-order valence-electron chi connectivity index (χ1n) is 11.3. The predicted octanol–water partition coefficient (Wildman–Crippen LogP) is 6.41. The summed E-state index contributed by atoms with van der Waals surface area (Å²) in [5, 5.41) is 26.6. The van der Waals surface area contributed by atoms with Crippen molar-refractivity contribution in [1.82, 2.24) is 4.57 Å². The number of rotatable bonds is 4. The number of Topliss-reactive ketones (excluding diaryl/α,β-unsaturated/α-hetero) is 1. The Morgan fingerprint density at radius 3 is 2.57 bits per heavy atom. The Hall–Kier alpha value is -3.96. The Morgan fingerprint density at radius 2 is 1.94 bits per heavy atom. The topological polar surface area (TPSA) is 92.2 Å². The summed E-state index contributed by atoms with van der Waals surface area (Å²) in [6.07, 6.45) is 4.55. The van der Waals surface area contributed by atoms with E-state index in [0.29, 0.717) is 35.5 Å². The average molecular weight is 485 g/mol. The summed E-state index contributed by atoms with van der Waals surface area (Å²) in [6.45, 7) is 5.88. The molecule has 8 heteroatoms. The molecule has 3 aromatic rings. The molecule has 3 heterocycles. The Kier molecular flexibility index (Phi) is 5.45. The number of aromatic nitrogens is 1. The molecule has 0 radical (unpaired) electrons. The van der Waals surface area contributed by atoms with Crippen molar-refractivity contribution in [2.75, 3.05) is 4.90 Å². The van der Waals surface area contributed by atoms with Crippen LogP contribution in [-0.4, -0.2) is 15.3 Å². The number of carbonyl (C=O) groups is 1. The van der Waals surface area contributed by atoms with Crippen molar-refractivity contribution in [3.05, 3.63) is 97.6 Å². The van der Waals surface area contributed by atoms with Gasteiger partial charge in [0.15, 0.2) is 5.78 Å². The number of nitro groups is 1. The maximum Gasteiger partial charge on any atom is 0.293 e. The van der Waals surface area contributed by atoms with Gasteiger partial charge in [-0.2, -0.15) is 16.6 Å². The molecule has 2 aromatic heterocycles. The van der Waals surface area contributed by atoms with Crippen LogP contribution in [0.3, 0.4) is 0 Å². The molecule has 7 nitrogen and oxygen atoms in total. The Labute approximate surface area is 207 Å². The van der Waals surface area contributed by atoms with E-state index in [-0.39, 0.29) is 16.9 Å². The van der Waals surface area contributed by atoms with E-state index >= 15 is 0 Å². The molecule has 176 valence electrons. The molecule has 1 aliphatic heterocycles. The van der Waals surface area contributed by atoms with Crippen LogP contribution in [0.15, 0.2) is 76.4 Å². The average Bonchev–Trinajstić information content (AvgIpc) is 3.51. The van der Waals surface area contributed by atoms with E-state index < -0.39 is 10.8 Å². The van der Waals surface area contributed by atoms with E-state index in [1.807, 2.05) is 65.8 Å². The SMILES string of the molecule is Cc1ccc(N2C3=C(C(=O)CC(C)(C)C3)C(c3ccsc3)C(C#N)=C2n2cccc2)c([N+](=O)[O-])c1. The first-order chi connectivity index (χ1) is 16.7. The highest BCUT2D eigenvalue weighted by molar-refractivity contribution is 7.08. The van der Waals surface area contributed by atoms with Gasteiger partial charge in [-0.15, -0.1) is 0 Å². The van der Waals surface area contributed by atoms with Crippen LogP contribution in [0.1, 0.15) is 43.7 Å². The number of thiophene rings is 1. The number of hydrogen-bond donors (Lipinski definition) is 0. The van der Waals surface area contributed by atoms with Crippen molar-refractivity contribution < 1.29 is 9.72 Å². The zero-order valence-electron chi connectivity index (χ0n) is 19.7. The number of carbonyl (C=O) groups excluding carboxylic acids is 1. The molecule has 0 N–H and O–H groups in total. The second-order valence-corrected chi connectivity index (χ2v) is 10.6. The zero-order chi connectivity index (χ0) is 24.9. The van der Waals surface area contributed by atoms with Gasteiger partial charge in [-0.1, -0.05) is 19.9 Å². The molecule has 1 atom stereocenters. The first-order valence-corrected chi connectivity index (χ1v) is 12.3. The molecule has 0 saturated carbocycles. The van der Waals surface area contributed by atoms with Gasteiger partial charge < -0.3 is 4.57 Å². The van der Waals surface area contributed by atoms with Crippen molar-refractivity contribution in [3.8, 4) is 6.07 Å². The predicted molar refractivity (Wildman–Crippen MR) is 136 cm³/mol. The standard InChI is InChI=1S/C27H24N4O3S/c1-17-6-7-20(21(12-17)31(33)34)30-22-13-27(2,3)14-23(32)25(22)24(18-8-11-35-16-18)19(15-28)26(30)29-9-4-5-10-29/h4-12,16,24H,13-14H2,1-3H3. The molecule has 0 fully saturated rings. The van der Waals surface area contributed by atoms with Crippen LogP contribution in [0.2, 0.25) is 0 Å². The van der Waals surface area contributed by atoms with Crippen LogP contribution in [-0.2, 0) is 4.79 Å². The van der Waals surface area contributed by atoms with Crippen molar-refractivity contribution >= 4 is 34.3 Å². The second kappa shape index (κ2) is 8.36. The summed E-state index contributed by atoms with van der Waals surface area (Å²) in [5.74, 6) is -0.0283. The molecule has 0 saturated heterocycles. The van der Waals surface area contributed by atoms with E-state index in [9.17, 15) is 20.2 Å². The summed E-state index contributed by atoms with van der Waals surface area (Å²) in [7, 11) is 0. The van der Waals surface area contributed by atoms with Crippen molar-refractivity contribution in [2.45, 2.75) is 39.5 Å². The number of ketones is 1. The van der Waals surface area contributed by atoms with Gasteiger partial charge in [0.2, 0.25) is 0 Å². The highest BCUT2D eigenvalue weighted by Gasteiger charge is 2.46. The van der Waals surface area contributed by atoms with E-state index in [0.717, 1.165) is 16.8 Å². The first kappa shape index (κ1) is 22.8. The number of nitriles is 1. The lowest BCUT2D eigenvalue weighted by molar-refractivity contribution is -0.384. The number of anilines is 1. The summed E-state index contributed by atoms with van der Waals surface area (Å²) in [6, 6.07) is 13.1. The summed E-state index contributed by atoms with van der Waals surface area (Å²) in [5.41, 5.74) is 3.26. The number of nitro benzene ring substituents is 1. The molecule has 0 amide bonds. The van der Waals surface area contributed by atoms with Crippen molar-refractivity contribution in [3.63, 3.8) is 0 Å². The number of benzene rings is 1. The maximum absolute atomic E-state index is 13.7.